The highest BCUT2D eigenvalue weighted by atomic mass is 79.9. The topological polar surface area (TPSA) is 54.9 Å². The number of carbonyl (C=O) groups excluding carboxylic acids is 1. The number of halogens is 1. The molecule has 0 aliphatic heterocycles. The molecule has 18 heavy (non-hydrogen) atoms. The van der Waals surface area contributed by atoms with E-state index < -0.39 is 0 Å². The van der Waals surface area contributed by atoms with Crippen LogP contribution < -0.4 is 5.32 Å². The first kappa shape index (κ1) is 12.7. The second-order valence-electron chi connectivity index (χ2n) is 3.81. The number of carbonyl (C=O) groups is 1. The normalized spacial score (nSPS) is 11.9. The van der Waals surface area contributed by atoms with E-state index in [0.717, 1.165) is 10.0 Å². The highest BCUT2D eigenvalue weighted by Gasteiger charge is 2.14. The second-order valence-corrected chi connectivity index (χ2v) is 4.66. The molecular weight excluding hydrogens is 294 g/mol. The maximum Gasteiger partial charge on any atom is 0.271 e. The number of benzene rings is 1. The van der Waals surface area contributed by atoms with Gasteiger partial charge in [0, 0.05) is 16.9 Å². The summed E-state index contributed by atoms with van der Waals surface area (Å²) in [6.45, 7) is 1.92. The molecule has 1 unspecified atom stereocenters. The van der Waals surface area contributed by atoms with E-state index in [1.165, 1.54) is 18.6 Å². The van der Waals surface area contributed by atoms with Gasteiger partial charge >= 0.3 is 0 Å². The van der Waals surface area contributed by atoms with Crippen LogP contribution in [0.25, 0.3) is 0 Å². The van der Waals surface area contributed by atoms with Gasteiger partial charge in [-0.15, -0.1) is 0 Å². The van der Waals surface area contributed by atoms with E-state index in [2.05, 4.69) is 31.2 Å². The van der Waals surface area contributed by atoms with E-state index in [1.54, 1.807) is 0 Å². The van der Waals surface area contributed by atoms with Crippen molar-refractivity contribution in [1.29, 1.82) is 0 Å². The summed E-state index contributed by atoms with van der Waals surface area (Å²) in [4.78, 5) is 19.7. The molecule has 5 heteroatoms. The lowest BCUT2D eigenvalue weighted by atomic mass is 10.1. The third-order valence-electron chi connectivity index (χ3n) is 2.52. The first-order chi connectivity index (χ1) is 8.68. The van der Waals surface area contributed by atoms with Crippen molar-refractivity contribution in [3.8, 4) is 0 Å². The van der Waals surface area contributed by atoms with Gasteiger partial charge in [0.05, 0.1) is 12.2 Å². The fourth-order valence-corrected chi connectivity index (χ4v) is 2.22. The Hall–Kier alpha value is -1.75. The van der Waals surface area contributed by atoms with Gasteiger partial charge in [0.2, 0.25) is 0 Å². The molecule has 2 rings (SSSR count). The molecular formula is C13H12BrN3O. The molecule has 1 N–H and O–H groups in total. The molecule has 0 fully saturated rings. The quantitative estimate of drug-likeness (QED) is 0.948. The fraction of sp³-hybridized carbons (Fsp3) is 0.154. The Bertz CT molecular complexity index is 545. The lowest BCUT2D eigenvalue weighted by molar-refractivity contribution is 0.0934. The number of hydrogen-bond donors (Lipinski definition) is 1. The smallest absolute Gasteiger partial charge is 0.271 e. The molecule has 1 amide bonds. The number of rotatable bonds is 3. The van der Waals surface area contributed by atoms with Crippen LogP contribution in [0, 0.1) is 0 Å². The van der Waals surface area contributed by atoms with E-state index in [0.29, 0.717) is 5.69 Å². The summed E-state index contributed by atoms with van der Waals surface area (Å²) < 4.78 is 0.969. The standard InChI is InChI=1S/C13H12BrN3O/c1-9(10-4-2-3-5-11(10)14)17-13(18)12-8-15-6-7-16-12/h2-9H,1H3,(H,17,18). The van der Waals surface area contributed by atoms with Gasteiger partial charge in [-0.3, -0.25) is 9.78 Å². The van der Waals surface area contributed by atoms with Crippen LogP contribution >= 0.6 is 15.9 Å². The summed E-state index contributed by atoms with van der Waals surface area (Å²) in [5, 5.41) is 2.88. The number of nitrogens with one attached hydrogen (secondary N) is 1. The van der Waals surface area contributed by atoms with Gasteiger partial charge in [0.1, 0.15) is 5.69 Å². The molecule has 1 aromatic carbocycles. The third-order valence-corrected chi connectivity index (χ3v) is 3.24. The van der Waals surface area contributed by atoms with Crippen LogP contribution in [0.1, 0.15) is 29.0 Å². The number of nitrogens with zero attached hydrogens (tertiary/aromatic N) is 2. The Morgan fingerprint density at radius 1 is 1.33 bits per heavy atom. The van der Waals surface area contributed by atoms with Crippen molar-refractivity contribution in [2.24, 2.45) is 0 Å². The number of aromatic nitrogens is 2. The zero-order valence-electron chi connectivity index (χ0n) is 9.80. The molecule has 0 saturated heterocycles. The molecule has 92 valence electrons. The molecule has 1 atom stereocenters. The lowest BCUT2D eigenvalue weighted by Crippen LogP contribution is -2.27. The van der Waals surface area contributed by atoms with Gasteiger partial charge in [-0.25, -0.2) is 4.98 Å². The van der Waals surface area contributed by atoms with Crippen molar-refractivity contribution < 1.29 is 4.79 Å². The van der Waals surface area contributed by atoms with Gasteiger partial charge in [-0.2, -0.15) is 0 Å². The fourth-order valence-electron chi connectivity index (χ4n) is 1.59. The molecule has 2 aromatic rings. The summed E-state index contributed by atoms with van der Waals surface area (Å²) >= 11 is 3.46. The summed E-state index contributed by atoms with van der Waals surface area (Å²) in [6.07, 6.45) is 4.48. The number of hydrogen-bond acceptors (Lipinski definition) is 3. The van der Waals surface area contributed by atoms with Crippen molar-refractivity contribution in [2.75, 3.05) is 0 Å². The molecule has 0 radical (unpaired) electrons. The van der Waals surface area contributed by atoms with Gasteiger partial charge in [0.25, 0.3) is 5.91 Å². The van der Waals surface area contributed by atoms with Crippen molar-refractivity contribution in [1.82, 2.24) is 15.3 Å². The Kier molecular flexibility index (Phi) is 4.04. The summed E-state index contributed by atoms with van der Waals surface area (Å²) in [7, 11) is 0. The van der Waals surface area contributed by atoms with Crippen molar-refractivity contribution >= 4 is 21.8 Å². The predicted octanol–water partition coefficient (Wildman–Crippen LogP) is 2.73. The van der Waals surface area contributed by atoms with Crippen molar-refractivity contribution in [2.45, 2.75) is 13.0 Å². The zero-order chi connectivity index (χ0) is 13.0. The average molecular weight is 306 g/mol. The highest BCUT2D eigenvalue weighted by molar-refractivity contribution is 9.10. The minimum absolute atomic E-state index is 0.102. The number of amides is 1. The molecule has 0 bridgehead atoms. The summed E-state index contributed by atoms with van der Waals surface area (Å²) in [6, 6.07) is 7.68. The van der Waals surface area contributed by atoms with Crippen LogP contribution in [0.2, 0.25) is 0 Å². The van der Waals surface area contributed by atoms with Gasteiger partial charge in [-0.1, -0.05) is 34.1 Å². The predicted molar refractivity (Wildman–Crippen MR) is 72.1 cm³/mol. The first-order valence-corrected chi connectivity index (χ1v) is 6.29. The maximum atomic E-state index is 11.9. The van der Waals surface area contributed by atoms with Crippen LogP contribution in [0.4, 0.5) is 0 Å². The van der Waals surface area contributed by atoms with E-state index in [4.69, 9.17) is 0 Å². The van der Waals surface area contributed by atoms with Crippen LogP contribution in [-0.2, 0) is 0 Å². The van der Waals surface area contributed by atoms with Crippen molar-refractivity contribution in [3.05, 3.63) is 58.6 Å². The van der Waals surface area contributed by atoms with Crippen molar-refractivity contribution in [3.63, 3.8) is 0 Å². The van der Waals surface area contributed by atoms with E-state index in [-0.39, 0.29) is 11.9 Å². The van der Waals surface area contributed by atoms with Crippen LogP contribution in [0.3, 0.4) is 0 Å². The largest absolute Gasteiger partial charge is 0.344 e. The minimum atomic E-state index is -0.230. The Labute approximate surface area is 114 Å². The lowest BCUT2D eigenvalue weighted by Gasteiger charge is -2.15. The van der Waals surface area contributed by atoms with Gasteiger partial charge in [-0.05, 0) is 18.6 Å². The van der Waals surface area contributed by atoms with Crippen LogP contribution in [0.15, 0.2) is 47.3 Å². The second kappa shape index (κ2) is 5.73. The Morgan fingerprint density at radius 2 is 2.11 bits per heavy atom. The average Bonchev–Trinajstić information content (AvgIpc) is 2.40. The van der Waals surface area contributed by atoms with E-state index >= 15 is 0 Å². The molecule has 0 aliphatic carbocycles. The molecule has 0 saturated carbocycles. The first-order valence-electron chi connectivity index (χ1n) is 5.50. The summed E-state index contributed by atoms with van der Waals surface area (Å²) in [5.74, 6) is -0.230. The zero-order valence-corrected chi connectivity index (χ0v) is 11.4. The van der Waals surface area contributed by atoms with E-state index in [9.17, 15) is 4.79 Å². The Balaban J connectivity index is 2.11. The molecule has 1 aromatic heterocycles. The van der Waals surface area contributed by atoms with Gasteiger partial charge in [0.15, 0.2) is 0 Å². The monoisotopic (exact) mass is 305 g/mol. The summed E-state index contributed by atoms with van der Waals surface area (Å²) in [5.41, 5.74) is 1.34. The maximum absolute atomic E-state index is 11.9. The third kappa shape index (κ3) is 2.92. The molecule has 4 nitrogen and oxygen atoms in total. The minimum Gasteiger partial charge on any atom is -0.344 e. The van der Waals surface area contributed by atoms with Crippen LogP contribution in [-0.4, -0.2) is 15.9 Å². The van der Waals surface area contributed by atoms with E-state index in [1.807, 2.05) is 31.2 Å². The SMILES string of the molecule is CC(NC(=O)c1cnccn1)c1ccccc1Br. The Morgan fingerprint density at radius 3 is 2.78 bits per heavy atom. The van der Waals surface area contributed by atoms with Crippen LogP contribution in [0.5, 0.6) is 0 Å². The highest BCUT2D eigenvalue weighted by Crippen LogP contribution is 2.22. The van der Waals surface area contributed by atoms with Gasteiger partial charge < -0.3 is 5.32 Å². The molecule has 1 heterocycles. The molecule has 0 spiro atoms. The molecule has 0 aliphatic rings.